The molecular formula is C17H18N4O7. The Balaban J connectivity index is 0.000000207. The first-order valence-corrected chi connectivity index (χ1v) is 8.32. The van der Waals surface area contributed by atoms with Crippen molar-refractivity contribution in [2.24, 2.45) is 0 Å². The van der Waals surface area contributed by atoms with E-state index in [1.54, 1.807) is 10.5 Å². The van der Waals surface area contributed by atoms with Crippen LogP contribution in [0.1, 0.15) is 17.5 Å². The number of rotatable bonds is 3. The van der Waals surface area contributed by atoms with Crippen molar-refractivity contribution in [3.63, 3.8) is 0 Å². The molecule has 0 saturated carbocycles. The minimum atomic E-state index is -1.46. The van der Waals surface area contributed by atoms with Gasteiger partial charge in [0.1, 0.15) is 5.69 Å². The van der Waals surface area contributed by atoms with E-state index in [1.165, 1.54) is 30.6 Å². The number of hydrogen-bond donors (Lipinski definition) is 1. The third-order valence-corrected chi connectivity index (χ3v) is 4.36. The molecule has 1 heterocycles. The number of nitrogens with one attached hydrogen (secondary N) is 1. The van der Waals surface area contributed by atoms with Crippen LogP contribution in [0, 0.1) is 37.3 Å². The molecule has 1 atom stereocenters. The highest BCUT2D eigenvalue weighted by atomic mass is 16.6. The fraction of sp³-hybridized carbons (Fsp3) is 0.294. The molecule has 0 aliphatic carbocycles. The highest BCUT2D eigenvalue weighted by Gasteiger charge is 2.24. The first kappa shape index (κ1) is 20.7. The van der Waals surface area contributed by atoms with Crippen LogP contribution in [-0.4, -0.2) is 28.4 Å². The molecule has 2 aromatic carbocycles. The van der Waals surface area contributed by atoms with Gasteiger partial charge in [0.25, 0.3) is 17.1 Å². The van der Waals surface area contributed by atoms with Gasteiger partial charge in [0.2, 0.25) is 0 Å². The molecule has 1 aliphatic heterocycles. The molecule has 0 spiro atoms. The van der Waals surface area contributed by atoms with Gasteiger partial charge in [0.15, 0.2) is 0 Å². The Kier molecular flexibility index (Phi) is 6.21. The number of non-ortho nitro benzene ring substituents is 1. The summed E-state index contributed by atoms with van der Waals surface area (Å²) in [5.41, 5.74) is 1.19. The zero-order chi connectivity index (χ0) is 21.0. The van der Waals surface area contributed by atoms with Gasteiger partial charge in [-0.1, -0.05) is 17.7 Å². The molecule has 0 aromatic heterocycles. The Bertz CT molecular complexity index is 910. The molecule has 11 heteroatoms. The van der Waals surface area contributed by atoms with Crippen molar-refractivity contribution in [3.8, 4) is 5.75 Å². The lowest BCUT2D eigenvalue weighted by Crippen LogP contribution is -3.04. The van der Waals surface area contributed by atoms with Gasteiger partial charge in [-0.3, -0.25) is 30.3 Å². The van der Waals surface area contributed by atoms with E-state index in [0.717, 1.165) is 0 Å². The molecule has 0 radical (unpaired) electrons. The van der Waals surface area contributed by atoms with E-state index in [0.29, 0.717) is 12.1 Å². The first-order valence-electron chi connectivity index (χ1n) is 8.32. The standard InChI is InChI=1S/C11H15N.C6H3N3O7/c1-9-5-6-11-10(8-9)4-3-7-12(11)2;10-6-4(8(13)14)1-3(7(11)12)2-5(6)9(15)16/h5-6,8H,3-4,7H2,1-2H3;1-2,10H. The summed E-state index contributed by atoms with van der Waals surface area (Å²) in [6.07, 6.45) is 2.61. The lowest BCUT2D eigenvalue weighted by atomic mass is 10.0. The van der Waals surface area contributed by atoms with Crippen LogP contribution < -0.4 is 10.0 Å². The van der Waals surface area contributed by atoms with Gasteiger partial charge in [-0.2, -0.15) is 0 Å². The van der Waals surface area contributed by atoms with Crippen LogP contribution in [0.25, 0.3) is 0 Å². The van der Waals surface area contributed by atoms with Gasteiger partial charge >= 0.3 is 0 Å². The van der Waals surface area contributed by atoms with E-state index in [-0.39, 0.29) is 0 Å². The highest BCUT2D eigenvalue weighted by Crippen LogP contribution is 2.36. The molecule has 1 aliphatic rings. The summed E-state index contributed by atoms with van der Waals surface area (Å²) < 4.78 is 0. The maximum atomic E-state index is 11.1. The van der Waals surface area contributed by atoms with Crippen molar-refractivity contribution < 1.29 is 24.8 Å². The summed E-state index contributed by atoms with van der Waals surface area (Å²) in [6, 6.07) is 7.59. The van der Waals surface area contributed by atoms with Crippen molar-refractivity contribution >= 4 is 22.7 Å². The third kappa shape index (κ3) is 4.57. The predicted molar refractivity (Wildman–Crippen MR) is 96.8 cm³/mol. The molecule has 11 nitrogen and oxygen atoms in total. The van der Waals surface area contributed by atoms with E-state index in [4.69, 9.17) is 0 Å². The van der Waals surface area contributed by atoms with E-state index in [2.05, 4.69) is 32.2 Å². The molecule has 0 fully saturated rings. The number of nitro groups is 3. The average Bonchev–Trinajstić information content (AvgIpc) is 2.61. The van der Waals surface area contributed by atoms with Gasteiger partial charge in [0.05, 0.1) is 46.2 Å². The van der Waals surface area contributed by atoms with Crippen LogP contribution >= 0.6 is 0 Å². The van der Waals surface area contributed by atoms with E-state index in [9.17, 15) is 35.4 Å². The summed E-state index contributed by atoms with van der Waals surface area (Å²) in [5.74, 6) is -1.46. The van der Waals surface area contributed by atoms with Gasteiger partial charge < -0.3 is 10.0 Å². The van der Waals surface area contributed by atoms with Crippen LogP contribution in [0.3, 0.4) is 0 Å². The maximum absolute atomic E-state index is 11.1. The number of benzene rings is 2. The second-order valence-corrected chi connectivity index (χ2v) is 6.38. The molecule has 3 rings (SSSR count). The molecule has 148 valence electrons. The number of quaternary nitrogens is 1. The van der Waals surface area contributed by atoms with Crippen molar-refractivity contribution in [1.82, 2.24) is 0 Å². The van der Waals surface area contributed by atoms with Gasteiger partial charge in [-0.05, 0) is 19.4 Å². The van der Waals surface area contributed by atoms with Gasteiger partial charge in [-0.15, -0.1) is 0 Å². The van der Waals surface area contributed by atoms with Crippen molar-refractivity contribution in [2.75, 3.05) is 13.6 Å². The fourth-order valence-electron chi connectivity index (χ4n) is 2.99. The summed E-state index contributed by atoms with van der Waals surface area (Å²) in [5, 5.41) is 42.1. The highest BCUT2D eigenvalue weighted by molar-refractivity contribution is 5.64. The molecule has 0 saturated heterocycles. The average molecular weight is 390 g/mol. The Morgan fingerprint density at radius 3 is 2.00 bits per heavy atom. The van der Waals surface area contributed by atoms with Crippen LogP contribution in [0.4, 0.5) is 22.7 Å². The van der Waals surface area contributed by atoms with Gasteiger partial charge in [-0.25, -0.2) is 0 Å². The van der Waals surface area contributed by atoms with Crippen LogP contribution in [0.5, 0.6) is 5.75 Å². The van der Waals surface area contributed by atoms with Crippen LogP contribution in [0.2, 0.25) is 0 Å². The Morgan fingerprint density at radius 2 is 1.50 bits per heavy atom. The molecule has 0 bridgehead atoms. The number of hydrogen-bond acceptors (Lipinski definition) is 7. The summed E-state index contributed by atoms with van der Waals surface area (Å²) in [7, 11) is 2.26. The summed E-state index contributed by atoms with van der Waals surface area (Å²) >= 11 is 0. The number of fused-ring (bicyclic) bond motifs is 1. The number of nitrogens with zero attached hydrogens (tertiary/aromatic N) is 3. The Labute approximate surface area is 159 Å². The lowest BCUT2D eigenvalue weighted by Gasteiger charge is -2.22. The minimum Gasteiger partial charge on any atom is -0.863 e. The second kappa shape index (κ2) is 8.39. The van der Waals surface area contributed by atoms with Crippen molar-refractivity contribution in [3.05, 3.63) is 71.8 Å². The zero-order valence-electron chi connectivity index (χ0n) is 15.2. The van der Waals surface area contributed by atoms with Gasteiger partial charge in [0, 0.05) is 12.0 Å². The summed E-state index contributed by atoms with van der Waals surface area (Å²) in [6.45, 7) is 3.46. The quantitative estimate of drug-likeness (QED) is 0.615. The monoisotopic (exact) mass is 390 g/mol. The SMILES string of the molecule is Cc1ccc2c(c1)CCC[NH+]2C.O=[N+]([O-])c1cc([N+](=O)[O-])c([O-])c([N+](=O)[O-])c1. The molecular weight excluding hydrogens is 372 g/mol. The van der Waals surface area contributed by atoms with E-state index in [1.807, 2.05) is 0 Å². The topological polar surface area (TPSA) is 157 Å². The number of aryl methyl sites for hydroxylation is 2. The molecule has 1 N–H and O–H groups in total. The number of nitro benzene ring substituents is 3. The minimum absolute atomic E-state index is 0.384. The molecule has 0 amide bonds. The maximum Gasteiger partial charge on any atom is 0.283 e. The Hall–Kier alpha value is -3.60. The normalized spacial score (nSPS) is 15.0. The molecule has 2 aromatic rings. The fourth-order valence-corrected chi connectivity index (χ4v) is 2.99. The van der Waals surface area contributed by atoms with E-state index >= 15 is 0 Å². The molecule has 1 unspecified atom stereocenters. The zero-order valence-corrected chi connectivity index (χ0v) is 15.2. The van der Waals surface area contributed by atoms with Crippen molar-refractivity contribution in [2.45, 2.75) is 19.8 Å². The Morgan fingerprint density at radius 1 is 0.929 bits per heavy atom. The van der Waals surface area contributed by atoms with E-state index < -0.39 is 37.6 Å². The van der Waals surface area contributed by atoms with Crippen molar-refractivity contribution in [1.29, 1.82) is 0 Å². The van der Waals surface area contributed by atoms with Crippen LogP contribution in [0.15, 0.2) is 30.3 Å². The molecule has 28 heavy (non-hydrogen) atoms. The summed E-state index contributed by atoms with van der Waals surface area (Å²) in [4.78, 5) is 29.1. The predicted octanol–water partition coefficient (Wildman–Crippen LogP) is 1.57. The lowest BCUT2D eigenvalue weighted by molar-refractivity contribution is -0.813. The first-order chi connectivity index (χ1) is 13.1. The smallest absolute Gasteiger partial charge is 0.283 e. The van der Waals surface area contributed by atoms with Crippen LogP contribution in [-0.2, 0) is 6.42 Å². The second-order valence-electron chi connectivity index (χ2n) is 6.38. The largest absolute Gasteiger partial charge is 0.863 e. The third-order valence-electron chi connectivity index (χ3n) is 4.36.